The van der Waals surface area contributed by atoms with Crippen LogP contribution < -0.4 is 4.74 Å². The van der Waals surface area contributed by atoms with Crippen LogP contribution in [0.15, 0.2) is 6.20 Å². The second-order valence-corrected chi connectivity index (χ2v) is 7.77. The fourth-order valence-electron chi connectivity index (χ4n) is 4.46. The minimum absolute atomic E-state index is 0.102. The van der Waals surface area contributed by atoms with E-state index in [-0.39, 0.29) is 10.8 Å². The standard InChI is InChI=1S/C16H28N2O2/c1-7-18-13(12(20-6)8-17-18)16(19)10-14(2,3)9-15(4,5)11-16/h8,19H,7,9-11H2,1-6H3. The van der Waals surface area contributed by atoms with Gasteiger partial charge in [-0.3, -0.25) is 4.68 Å². The molecule has 1 heterocycles. The average molecular weight is 280 g/mol. The molecule has 0 radical (unpaired) electrons. The maximum Gasteiger partial charge on any atom is 0.162 e. The minimum Gasteiger partial charge on any atom is -0.493 e. The van der Waals surface area contributed by atoms with Gasteiger partial charge in [-0.2, -0.15) is 5.10 Å². The molecular weight excluding hydrogens is 252 g/mol. The number of hydrogen-bond acceptors (Lipinski definition) is 3. The van der Waals surface area contributed by atoms with E-state index >= 15 is 0 Å². The third kappa shape index (κ3) is 2.71. The molecule has 0 amide bonds. The van der Waals surface area contributed by atoms with Crippen molar-refractivity contribution in [3.8, 4) is 5.75 Å². The van der Waals surface area contributed by atoms with Crippen LogP contribution in [0, 0.1) is 10.8 Å². The number of rotatable bonds is 3. The lowest BCUT2D eigenvalue weighted by atomic mass is 9.59. The first-order chi connectivity index (χ1) is 9.12. The molecule has 20 heavy (non-hydrogen) atoms. The highest BCUT2D eigenvalue weighted by Gasteiger charge is 2.50. The van der Waals surface area contributed by atoms with Crippen molar-refractivity contribution in [2.75, 3.05) is 7.11 Å². The average Bonchev–Trinajstić information content (AvgIpc) is 2.67. The van der Waals surface area contributed by atoms with Crippen molar-refractivity contribution >= 4 is 0 Å². The zero-order chi connectivity index (χ0) is 15.2. The monoisotopic (exact) mass is 280 g/mol. The van der Waals surface area contributed by atoms with E-state index in [1.165, 1.54) is 0 Å². The van der Waals surface area contributed by atoms with Gasteiger partial charge in [-0.25, -0.2) is 0 Å². The normalized spacial score (nSPS) is 23.6. The van der Waals surface area contributed by atoms with Gasteiger partial charge in [0, 0.05) is 6.54 Å². The quantitative estimate of drug-likeness (QED) is 0.923. The molecule has 4 nitrogen and oxygen atoms in total. The minimum atomic E-state index is -0.872. The van der Waals surface area contributed by atoms with Crippen LogP contribution in [0.4, 0.5) is 0 Å². The van der Waals surface area contributed by atoms with E-state index in [1.807, 2.05) is 11.6 Å². The zero-order valence-electron chi connectivity index (χ0n) is 13.7. The van der Waals surface area contributed by atoms with E-state index < -0.39 is 5.60 Å². The predicted octanol–water partition coefficient (Wildman–Crippen LogP) is 3.34. The zero-order valence-corrected chi connectivity index (χ0v) is 13.7. The summed E-state index contributed by atoms with van der Waals surface area (Å²) in [6, 6.07) is 0. The highest BCUT2D eigenvalue weighted by atomic mass is 16.5. The van der Waals surface area contributed by atoms with Crippen molar-refractivity contribution in [2.45, 2.75) is 66.0 Å². The van der Waals surface area contributed by atoms with Crippen molar-refractivity contribution < 1.29 is 9.84 Å². The summed E-state index contributed by atoms with van der Waals surface area (Å²) in [4.78, 5) is 0. The maximum absolute atomic E-state index is 11.4. The summed E-state index contributed by atoms with van der Waals surface area (Å²) in [6.45, 7) is 11.7. The number of aliphatic hydroxyl groups is 1. The van der Waals surface area contributed by atoms with Crippen LogP contribution in [-0.4, -0.2) is 22.0 Å². The first-order valence-corrected chi connectivity index (χ1v) is 7.45. The molecule has 4 heteroatoms. The third-order valence-corrected chi connectivity index (χ3v) is 4.27. The smallest absolute Gasteiger partial charge is 0.162 e. The largest absolute Gasteiger partial charge is 0.493 e. The van der Waals surface area contributed by atoms with Gasteiger partial charge in [0.2, 0.25) is 0 Å². The highest BCUT2D eigenvalue weighted by Crippen LogP contribution is 2.55. The molecule has 0 aromatic carbocycles. The Bertz CT molecular complexity index is 451. The molecule has 1 aromatic rings. The molecule has 1 aliphatic carbocycles. The molecule has 1 aromatic heterocycles. The van der Waals surface area contributed by atoms with E-state index in [0.29, 0.717) is 5.75 Å². The molecule has 0 unspecified atom stereocenters. The lowest BCUT2D eigenvalue weighted by molar-refractivity contribution is -0.0973. The fraction of sp³-hybridized carbons (Fsp3) is 0.812. The van der Waals surface area contributed by atoms with E-state index in [1.54, 1.807) is 13.3 Å². The van der Waals surface area contributed by atoms with Gasteiger partial charge >= 0.3 is 0 Å². The first-order valence-electron chi connectivity index (χ1n) is 7.45. The van der Waals surface area contributed by atoms with Gasteiger partial charge in [0.25, 0.3) is 0 Å². The number of hydrogen-bond donors (Lipinski definition) is 1. The molecular formula is C16H28N2O2. The Kier molecular flexibility index (Phi) is 3.66. The molecule has 0 aliphatic heterocycles. The number of nitrogens with zero attached hydrogens (tertiary/aromatic N) is 2. The van der Waals surface area contributed by atoms with Crippen molar-refractivity contribution in [3.05, 3.63) is 11.9 Å². The van der Waals surface area contributed by atoms with Crippen LogP contribution >= 0.6 is 0 Å². The van der Waals surface area contributed by atoms with Crippen molar-refractivity contribution in [3.63, 3.8) is 0 Å². The number of methoxy groups -OCH3 is 1. The summed E-state index contributed by atoms with van der Waals surface area (Å²) >= 11 is 0. The van der Waals surface area contributed by atoms with Gasteiger partial charge in [-0.15, -0.1) is 0 Å². The molecule has 0 bridgehead atoms. The number of aromatic nitrogens is 2. The van der Waals surface area contributed by atoms with Crippen molar-refractivity contribution in [1.29, 1.82) is 0 Å². The van der Waals surface area contributed by atoms with Gasteiger partial charge in [-0.1, -0.05) is 27.7 Å². The summed E-state index contributed by atoms with van der Waals surface area (Å²) in [5, 5.41) is 15.7. The SMILES string of the molecule is CCn1ncc(OC)c1C1(O)CC(C)(C)CC(C)(C)C1. The Morgan fingerprint density at radius 3 is 2.20 bits per heavy atom. The van der Waals surface area contributed by atoms with E-state index in [4.69, 9.17) is 4.74 Å². The number of aryl methyl sites for hydroxylation is 1. The molecule has 1 fully saturated rings. The second-order valence-electron chi connectivity index (χ2n) is 7.77. The topological polar surface area (TPSA) is 47.3 Å². The second kappa shape index (κ2) is 4.76. The Balaban J connectivity index is 2.51. The van der Waals surface area contributed by atoms with Crippen LogP contribution in [0.1, 0.15) is 59.6 Å². The molecule has 2 rings (SSSR count). The molecule has 0 saturated heterocycles. The van der Waals surface area contributed by atoms with Gasteiger partial charge in [0.1, 0.15) is 11.3 Å². The van der Waals surface area contributed by atoms with Crippen LogP contribution in [0.5, 0.6) is 5.75 Å². The summed E-state index contributed by atoms with van der Waals surface area (Å²) < 4.78 is 7.31. The molecule has 1 N–H and O–H groups in total. The lowest BCUT2D eigenvalue weighted by Crippen LogP contribution is -2.45. The molecule has 1 saturated carbocycles. The fourth-order valence-corrected chi connectivity index (χ4v) is 4.46. The van der Waals surface area contributed by atoms with Gasteiger partial charge in [0.05, 0.1) is 13.3 Å². The highest BCUT2D eigenvalue weighted by molar-refractivity contribution is 5.32. The van der Waals surface area contributed by atoms with Crippen LogP contribution in [-0.2, 0) is 12.1 Å². The summed E-state index contributed by atoms with van der Waals surface area (Å²) in [5.74, 6) is 0.697. The van der Waals surface area contributed by atoms with Crippen LogP contribution in [0.2, 0.25) is 0 Å². The Labute approximate surface area is 122 Å². The van der Waals surface area contributed by atoms with E-state index in [0.717, 1.165) is 31.5 Å². The summed E-state index contributed by atoms with van der Waals surface area (Å²) in [5.41, 5.74) is 0.168. The van der Waals surface area contributed by atoms with Crippen molar-refractivity contribution in [2.24, 2.45) is 10.8 Å². The lowest BCUT2D eigenvalue weighted by Gasteiger charge is -2.49. The predicted molar refractivity (Wildman–Crippen MR) is 79.8 cm³/mol. The molecule has 0 spiro atoms. The third-order valence-electron chi connectivity index (χ3n) is 4.27. The summed E-state index contributed by atoms with van der Waals surface area (Å²) in [6.07, 6.45) is 4.31. The number of ether oxygens (including phenoxy) is 1. The molecule has 0 atom stereocenters. The Morgan fingerprint density at radius 1 is 1.20 bits per heavy atom. The Morgan fingerprint density at radius 2 is 1.75 bits per heavy atom. The van der Waals surface area contributed by atoms with Gasteiger partial charge in [-0.05, 0) is 37.0 Å². The van der Waals surface area contributed by atoms with E-state index in [2.05, 4.69) is 32.8 Å². The molecule has 1 aliphatic rings. The maximum atomic E-state index is 11.4. The van der Waals surface area contributed by atoms with Crippen LogP contribution in [0.3, 0.4) is 0 Å². The van der Waals surface area contributed by atoms with Crippen LogP contribution in [0.25, 0.3) is 0 Å². The Hall–Kier alpha value is -1.03. The van der Waals surface area contributed by atoms with Gasteiger partial charge in [0.15, 0.2) is 5.75 Å². The van der Waals surface area contributed by atoms with Crippen molar-refractivity contribution in [1.82, 2.24) is 9.78 Å². The summed E-state index contributed by atoms with van der Waals surface area (Å²) in [7, 11) is 1.64. The van der Waals surface area contributed by atoms with Gasteiger partial charge < -0.3 is 9.84 Å². The molecule has 114 valence electrons. The van der Waals surface area contributed by atoms with E-state index in [9.17, 15) is 5.11 Å². The first kappa shape index (κ1) is 15.4.